The molecule has 0 bridgehead atoms. The summed E-state index contributed by atoms with van der Waals surface area (Å²) in [6.07, 6.45) is 12.2. The van der Waals surface area contributed by atoms with Gasteiger partial charge in [0, 0.05) is 6.61 Å². The van der Waals surface area contributed by atoms with Gasteiger partial charge in [-0.25, -0.2) is 0 Å². The van der Waals surface area contributed by atoms with E-state index in [4.69, 9.17) is 14.2 Å². The van der Waals surface area contributed by atoms with E-state index in [2.05, 4.69) is 0 Å². The topological polar surface area (TPSA) is 27.7 Å². The maximum Gasteiger partial charge on any atom is 0.158 e. The van der Waals surface area contributed by atoms with Crippen molar-refractivity contribution in [2.24, 2.45) is 5.92 Å². The van der Waals surface area contributed by atoms with Gasteiger partial charge in [-0.1, -0.05) is 33.1 Å². The van der Waals surface area contributed by atoms with Crippen molar-refractivity contribution in [3.05, 3.63) is 0 Å². The first-order valence-electron chi connectivity index (χ1n) is 8.80. The lowest BCUT2D eigenvalue weighted by atomic mass is 9.89. The fourth-order valence-corrected chi connectivity index (χ4v) is 3.60. The van der Waals surface area contributed by atoms with Crippen molar-refractivity contribution in [3.8, 4) is 0 Å². The number of fused-ring (bicyclic) bond motifs is 1. The monoisotopic (exact) mass is 284 g/mol. The van der Waals surface area contributed by atoms with Gasteiger partial charge >= 0.3 is 0 Å². The molecule has 0 aromatic rings. The van der Waals surface area contributed by atoms with Crippen LogP contribution in [-0.4, -0.2) is 31.7 Å². The lowest BCUT2D eigenvalue weighted by Gasteiger charge is -2.37. The van der Waals surface area contributed by atoms with Crippen LogP contribution in [0.2, 0.25) is 0 Å². The van der Waals surface area contributed by atoms with Crippen LogP contribution in [0.3, 0.4) is 0 Å². The molecule has 118 valence electrons. The van der Waals surface area contributed by atoms with Crippen LogP contribution in [0, 0.1) is 5.92 Å². The standard InChI is InChI=1S/C15H26O3.C2H6/c1-2-6-12-10-13(11-17-14(12)7-3-1)18-15-8-4-5-9-16-15;1-2/h12-15H,1-11H2;1-2H3/t12-,13+,14+,15?;/m0./s1. The molecular formula is C17H32O3. The van der Waals surface area contributed by atoms with Crippen LogP contribution < -0.4 is 0 Å². The van der Waals surface area contributed by atoms with E-state index in [9.17, 15) is 0 Å². The Bertz CT molecular complexity index is 251. The molecule has 20 heavy (non-hydrogen) atoms. The summed E-state index contributed by atoms with van der Waals surface area (Å²) in [7, 11) is 0. The fraction of sp³-hybridized carbons (Fsp3) is 1.00. The van der Waals surface area contributed by atoms with Gasteiger partial charge in [-0.2, -0.15) is 0 Å². The van der Waals surface area contributed by atoms with Gasteiger partial charge in [0.2, 0.25) is 0 Å². The highest BCUT2D eigenvalue weighted by Gasteiger charge is 2.33. The summed E-state index contributed by atoms with van der Waals surface area (Å²) >= 11 is 0. The zero-order valence-electron chi connectivity index (χ0n) is 13.3. The third-order valence-corrected chi connectivity index (χ3v) is 4.63. The van der Waals surface area contributed by atoms with E-state index in [0.29, 0.717) is 6.10 Å². The summed E-state index contributed by atoms with van der Waals surface area (Å²) in [5, 5.41) is 0. The van der Waals surface area contributed by atoms with Gasteiger partial charge in [0.1, 0.15) is 0 Å². The number of hydrogen-bond acceptors (Lipinski definition) is 3. The minimum atomic E-state index is 0.0367. The molecule has 0 spiro atoms. The lowest BCUT2D eigenvalue weighted by Crippen LogP contribution is -2.40. The molecule has 3 nitrogen and oxygen atoms in total. The summed E-state index contributed by atoms with van der Waals surface area (Å²) in [6.45, 7) is 5.64. The molecule has 3 fully saturated rings. The van der Waals surface area contributed by atoms with Crippen molar-refractivity contribution >= 4 is 0 Å². The molecule has 0 amide bonds. The summed E-state index contributed by atoms with van der Waals surface area (Å²) in [4.78, 5) is 0. The van der Waals surface area contributed by atoms with Crippen LogP contribution >= 0.6 is 0 Å². The Balaban J connectivity index is 0.000000704. The van der Waals surface area contributed by atoms with Crippen LogP contribution in [0.1, 0.15) is 71.6 Å². The van der Waals surface area contributed by atoms with E-state index >= 15 is 0 Å². The first-order chi connectivity index (χ1) is 9.92. The Morgan fingerprint density at radius 2 is 1.65 bits per heavy atom. The predicted octanol–water partition coefficient (Wildman–Crippen LogP) is 4.29. The van der Waals surface area contributed by atoms with Crippen LogP contribution in [0.25, 0.3) is 0 Å². The molecule has 2 saturated heterocycles. The highest BCUT2D eigenvalue weighted by molar-refractivity contribution is 4.82. The largest absolute Gasteiger partial charge is 0.375 e. The highest BCUT2D eigenvalue weighted by atomic mass is 16.7. The van der Waals surface area contributed by atoms with Gasteiger partial charge in [0.05, 0.1) is 18.8 Å². The molecule has 1 saturated carbocycles. The molecule has 2 aliphatic heterocycles. The molecule has 4 atom stereocenters. The van der Waals surface area contributed by atoms with E-state index in [0.717, 1.165) is 25.6 Å². The molecular weight excluding hydrogens is 252 g/mol. The van der Waals surface area contributed by atoms with Gasteiger partial charge < -0.3 is 14.2 Å². The molecule has 1 unspecified atom stereocenters. The fourth-order valence-electron chi connectivity index (χ4n) is 3.60. The second kappa shape index (κ2) is 9.01. The van der Waals surface area contributed by atoms with E-state index in [1.807, 2.05) is 13.8 Å². The van der Waals surface area contributed by atoms with Gasteiger partial charge in [-0.05, 0) is 44.4 Å². The molecule has 2 heterocycles. The zero-order valence-corrected chi connectivity index (χ0v) is 13.3. The summed E-state index contributed by atoms with van der Waals surface area (Å²) in [6, 6.07) is 0. The molecule has 0 radical (unpaired) electrons. The van der Waals surface area contributed by atoms with Gasteiger partial charge in [0.25, 0.3) is 0 Å². The quantitative estimate of drug-likeness (QED) is 0.757. The second-order valence-electron chi connectivity index (χ2n) is 6.06. The van der Waals surface area contributed by atoms with Gasteiger partial charge in [0.15, 0.2) is 6.29 Å². The van der Waals surface area contributed by atoms with Crippen molar-refractivity contribution in [3.63, 3.8) is 0 Å². The van der Waals surface area contributed by atoms with E-state index in [1.54, 1.807) is 0 Å². The summed E-state index contributed by atoms with van der Waals surface area (Å²) < 4.78 is 17.8. The lowest BCUT2D eigenvalue weighted by molar-refractivity contribution is -0.220. The summed E-state index contributed by atoms with van der Waals surface area (Å²) in [5.74, 6) is 0.731. The second-order valence-corrected chi connectivity index (χ2v) is 6.06. The van der Waals surface area contributed by atoms with Crippen LogP contribution in [0.5, 0.6) is 0 Å². The van der Waals surface area contributed by atoms with Crippen molar-refractivity contribution in [1.29, 1.82) is 0 Å². The Kier molecular flexibility index (Phi) is 7.32. The molecule has 3 rings (SSSR count). The Labute approximate surface area is 124 Å². The minimum absolute atomic E-state index is 0.0367. The minimum Gasteiger partial charge on any atom is -0.375 e. The average Bonchev–Trinajstić information content (AvgIpc) is 2.75. The van der Waals surface area contributed by atoms with E-state index in [1.165, 1.54) is 51.4 Å². The predicted molar refractivity (Wildman–Crippen MR) is 80.7 cm³/mol. The maximum atomic E-state index is 6.07. The van der Waals surface area contributed by atoms with Crippen LogP contribution in [-0.2, 0) is 14.2 Å². The first-order valence-corrected chi connectivity index (χ1v) is 8.80. The average molecular weight is 284 g/mol. The zero-order chi connectivity index (χ0) is 14.2. The normalized spacial score (nSPS) is 38.1. The van der Waals surface area contributed by atoms with Crippen molar-refractivity contribution in [2.45, 2.75) is 90.1 Å². The van der Waals surface area contributed by atoms with Crippen molar-refractivity contribution < 1.29 is 14.2 Å². The molecule has 0 N–H and O–H groups in total. The Morgan fingerprint density at radius 3 is 2.45 bits per heavy atom. The molecule has 3 aliphatic rings. The maximum absolute atomic E-state index is 6.07. The van der Waals surface area contributed by atoms with E-state index in [-0.39, 0.29) is 12.4 Å². The highest BCUT2D eigenvalue weighted by Crippen LogP contribution is 2.34. The number of ether oxygens (including phenoxy) is 3. The molecule has 0 aromatic carbocycles. The molecule has 0 aromatic heterocycles. The Morgan fingerprint density at radius 1 is 0.850 bits per heavy atom. The van der Waals surface area contributed by atoms with Crippen molar-refractivity contribution in [1.82, 2.24) is 0 Å². The summed E-state index contributed by atoms with van der Waals surface area (Å²) in [5.41, 5.74) is 0. The number of hydrogen-bond donors (Lipinski definition) is 0. The SMILES string of the molecule is C1CC[C@H]2C[C@@H](OC3CCCCO3)CO[C@@H]2CC1.CC. The third-order valence-electron chi connectivity index (χ3n) is 4.63. The first kappa shape index (κ1) is 16.3. The number of rotatable bonds is 2. The van der Waals surface area contributed by atoms with Gasteiger partial charge in [-0.15, -0.1) is 0 Å². The smallest absolute Gasteiger partial charge is 0.158 e. The third kappa shape index (κ3) is 4.71. The van der Waals surface area contributed by atoms with E-state index < -0.39 is 0 Å². The molecule has 1 aliphatic carbocycles. The van der Waals surface area contributed by atoms with Gasteiger partial charge in [-0.3, -0.25) is 0 Å². The van der Waals surface area contributed by atoms with Crippen molar-refractivity contribution in [2.75, 3.05) is 13.2 Å². The molecule has 3 heteroatoms. The van der Waals surface area contributed by atoms with Crippen LogP contribution in [0.15, 0.2) is 0 Å². The van der Waals surface area contributed by atoms with Crippen LogP contribution in [0.4, 0.5) is 0 Å². The Hall–Kier alpha value is -0.120.